The molecular weight excluding hydrogens is 569 g/mol. The molecule has 1 aliphatic carbocycles. The molecule has 0 unspecified atom stereocenters. The zero-order valence-electron chi connectivity index (χ0n) is 24.8. The number of aromatic nitrogens is 2. The van der Waals surface area contributed by atoms with Crippen LogP contribution >= 0.6 is 11.3 Å². The number of thiophene rings is 1. The normalized spacial score (nSPS) is 13.7. The molecule has 0 bridgehead atoms. The van der Waals surface area contributed by atoms with Crippen LogP contribution in [0.25, 0.3) is 86.8 Å². The first-order valence-corrected chi connectivity index (χ1v) is 16.2. The minimum absolute atomic E-state index is 0.0477. The number of furan rings is 1. The van der Waals surface area contributed by atoms with Crippen LogP contribution in [-0.4, -0.2) is 9.97 Å². The molecule has 212 valence electrons. The summed E-state index contributed by atoms with van der Waals surface area (Å²) >= 11 is 1.85. The molecule has 1 aliphatic rings. The van der Waals surface area contributed by atoms with Gasteiger partial charge in [-0.1, -0.05) is 123 Å². The highest BCUT2D eigenvalue weighted by Gasteiger charge is 2.37. The Hall–Kier alpha value is -5.32. The standard InChI is InChI=1S/C41H26N2OS/c1-41(2)30-19-7-5-14-26(30)34-31(41)21-22-33-35(34)28-17-10-18-29(38(28)45-33)37-36-27-15-6-8-20-32(27)44-40(36)43-39(42-37)25-16-9-12-23-11-3-4-13-24(23)25/h3-22H,1-2H3. The lowest BCUT2D eigenvalue weighted by Crippen LogP contribution is -2.14. The van der Waals surface area contributed by atoms with E-state index in [0.717, 1.165) is 43.9 Å². The van der Waals surface area contributed by atoms with E-state index in [0.29, 0.717) is 11.5 Å². The highest BCUT2D eigenvalue weighted by molar-refractivity contribution is 7.26. The SMILES string of the molecule is CC1(C)c2ccccc2-c2c1ccc1sc3c(-c4nc(-c5cccc6ccccc56)nc5oc6ccccc6c45)cccc3c21. The topological polar surface area (TPSA) is 38.9 Å². The monoisotopic (exact) mass is 594 g/mol. The lowest BCUT2D eigenvalue weighted by Gasteiger charge is -2.21. The third-order valence-electron chi connectivity index (χ3n) is 9.73. The molecule has 0 atom stereocenters. The van der Waals surface area contributed by atoms with Gasteiger partial charge in [0.1, 0.15) is 5.58 Å². The highest BCUT2D eigenvalue weighted by atomic mass is 32.1. The van der Waals surface area contributed by atoms with Crippen LogP contribution in [0.3, 0.4) is 0 Å². The maximum Gasteiger partial charge on any atom is 0.231 e. The van der Waals surface area contributed by atoms with E-state index in [2.05, 4.69) is 123 Å². The minimum atomic E-state index is -0.0477. The van der Waals surface area contributed by atoms with Crippen molar-refractivity contribution in [3.8, 4) is 33.8 Å². The molecule has 10 rings (SSSR count). The van der Waals surface area contributed by atoms with E-state index in [-0.39, 0.29) is 5.41 Å². The van der Waals surface area contributed by atoms with Crippen molar-refractivity contribution in [2.45, 2.75) is 19.3 Å². The van der Waals surface area contributed by atoms with Gasteiger partial charge >= 0.3 is 0 Å². The van der Waals surface area contributed by atoms with Crippen LogP contribution in [0.5, 0.6) is 0 Å². The van der Waals surface area contributed by atoms with Crippen molar-refractivity contribution >= 4 is 64.4 Å². The Morgan fingerprint density at radius 3 is 2.22 bits per heavy atom. The predicted molar refractivity (Wildman–Crippen MR) is 188 cm³/mol. The fraction of sp³-hybridized carbons (Fsp3) is 0.0732. The largest absolute Gasteiger partial charge is 0.438 e. The number of rotatable bonds is 2. The molecule has 0 saturated heterocycles. The summed E-state index contributed by atoms with van der Waals surface area (Å²) in [7, 11) is 0. The van der Waals surface area contributed by atoms with Gasteiger partial charge in [-0.3, -0.25) is 0 Å². The van der Waals surface area contributed by atoms with Gasteiger partial charge in [0.2, 0.25) is 5.71 Å². The zero-order valence-corrected chi connectivity index (χ0v) is 25.6. The van der Waals surface area contributed by atoms with Crippen LogP contribution in [0.1, 0.15) is 25.0 Å². The molecule has 6 aromatic carbocycles. The predicted octanol–water partition coefficient (Wildman–Crippen LogP) is 11.5. The van der Waals surface area contributed by atoms with Gasteiger partial charge < -0.3 is 4.42 Å². The van der Waals surface area contributed by atoms with Gasteiger partial charge in [0.05, 0.1) is 11.1 Å². The van der Waals surface area contributed by atoms with E-state index in [1.165, 1.54) is 42.4 Å². The van der Waals surface area contributed by atoms with Gasteiger partial charge in [-0.25, -0.2) is 4.98 Å². The number of hydrogen-bond donors (Lipinski definition) is 0. The number of benzene rings is 6. The molecule has 0 fully saturated rings. The Morgan fingerprint density at radius 1 is 0.578 bits per heavy atom. The maximum absolute atomic E-state index is 6.43. The van der Waals surface area contributed by atoms with Gasteiger partial charge in [0.25, 0.3) is 0 Å². The number of para-hydroxylation sites is 1. The van der Waals surface area contributed by atoms with Crippen LogP contribution in [0.15, 0.2) is 126 Å². The molecule has 4 heteroatoms. The second kappa shape index (κ2) is 8.87. The van der Waals surface area contributed by atoms with Crippen LogP contribution in [0, 0.1) is 0 Å². The molecule has 0 saturated carbocycles. The van der Waals surface area contributed by atoms with Crippen molar-refractivity contribution in [2.24, 2.45) is 0 Å². The van der Waals surface area contributed by atoms with E-state index in [4.69, 9.17) is 14.4 Å². The molecule has 0 radical (unpaired) electrons. The van der Waals surface area contributed by atoms with Crippen molar-refractivity contribution in [1.82, 2.24) is 9.97 Å². The average molecular weight is 595 g/mol. The summed E-state index contributed by atoms with van der Waals surface area (Å²) in [6, 6.07) is 43.2. The fourth-order valence-corrected chi connectivity index (χ4v) is 8.85. The summed E-state index contributed by atoms with van der Waals surface area (Å²) in [5.41, 5.74) is 9.89. The van der Waals surface area contributed by atoms with Crippen molar-refractivity contribution in [3.05, 3.63) is 132 Å². The Bertz CT molecular complexity index is 2690. The zero-order chi connectivity index (χ0) is 29.9. The minimum Gasteiger partial charge on any atom is -0.438 e. The summed E-state index contributed by atoms with van der Waals surface area (Å²) in [5.74, 6) is 0.669. The molecule has 3 heterocycles. The first-order valence-electron chi connectivity index (χ1n) is 15.3. The lowest BCUT2D eigenvalue weighted by atomic mass is 9.82. The maximum atomic E-state index is 6.43. The van der Waals surface area contributed by atoms with E-state index >= 15 is 0 Å². The van der Waals surface area contributed by atoms with E-state index in [9.17, 15) is 0 Å². The van der Waals surface area contributed by atoms with E-state index < -0.39 is 0 Å². The van der Waals surface area contributed by atoms with Crippen molar-refractivity contribution in [1.29, 1.82) is 0 Å². The molecule has 0 amide bonds. The first-order chi connectivity index (χ1) is 22.1. The third-order valence-corrected chi connectivity index (χ3v) is 10.9. The molecule has 3 aromatic heterocycles. The fourth-order valence-electron chi connectivity index (χ4n) is 7.63. The van der Waals surface area contributed by atoms with Crippen molar-refractivity contribution < 1.29 is 4.42 Å². The summed E-state index contributed by atoms with van der Waals surface area (Å²) in [6.45, 7) is 4.69. The van der Waals surface area contributed by atoms with E-state index in [1.807, 2.05) is 23.5 Å². The quantitative estimate of drug-likeness (QED) is 0.200. The molecule has 0 aliphatic heterocycles. The number of nitrogens with zero attached hydrogens (tertiary/aromatic N) is 2. The average Bonchev–Trinajstić information content (AvgIpc) is 3.72. The van der Waals surface area contributed by atoms with Gasteiger partial charge in [0.15, 0.2) is 5.82 Å². The Morgan fingerprint density at radius 2 is 1.29 bits per heavy atom. The van der Waals surface area contributed by atoms with Crippen molar-refractivity contribution in [2.75, 3.05) is 0 Å². The summed E-state index contributed by atoms with van der Waals surface area (Å²) in [5, 5.41) is 6.87. The number of fused-ring (bicyclic) bond motifs is 11. The Balaban J connectivity index is 1.32. The van der Waals surface area contributed by atoms with Crippen LogP contribution < -0.4 is 0 Å². The smallest absolute Gasteiger partial charge is 0.231 e. The van der Waals surface area contributed by atoms with Gasteiger partial charge in [-0.15, -0.1) is 11.3 Å². The van der Waals surface area contributed by atoms with Gasteiger partial charge in [-0.05, 0) is 45.2 Å². The van der Waals surface area contributed by atoms with Crippen molar-refractivity contribution in [3.63, 3.8) is 0 Å². The molecule has 0 spiro atoms. The van der Waals surface area contributed by atoms with Crippen LogP contribution in [0.4, 0.5) is 0 Å². The molecule has 0 N–H and O–H groups in total. The molecule has 9 aromatic rings. The lowest BCUT2D eigenvalue weighted by molar-refractivity contribution is 0.653. The second-order valence-corrected chi connectivity index (χ2v) is 13.6. The van der Waals surface area contributed by atoms with Crippen LogP contribution in [0.2, 0.25) is 0 Å². The molecule has 3 nitrogen and oxygen atoms in total. The van der Waals surface area contributed by atoms with Gasteiger partial charge in [0, 0.05) is 42.1 Å². The number of hydrogen-bond acceptors (Lipinski definition) is 4. The summed E-state index contributed by atoms with van der Waals surface area (Å²) < 4.78 is 8.96. The molecular formula is C41H26N2OS. The second-order valence-electron chi connectivity index (χ2n) is 12.5. The Kier molecular flexibility index (Phi) is 4.94. The first kappa shape index (κ1) is 25.1. The van der Waals surface area contributed by atoms with Gasteiger partial charge in [-0.2, -0.15) is 4.98 Å². The summed E-state index contributed by atoms with van der Waals surface area (Å²) in [4.78, 5) is 10.5. The van der Waals surface area contributed by atoms with Crippen LogP contribution in [-0.2, 0) is 5.41 Å². The van der Waals surface area contributed by atoms with E-state index in [1.54, 1.807) is 0 Å². The molecule has 45 heavy (non-hydrogen) atoms. The third kappa shape index (κ3) is 3.35. The highest BCUT2D eigenvalue weighted by Crippen LogP contribution is 2.54. The summed E-state index contributed by atoms with van der Waals surface area (Å²) in [6.07, 6.45) is 0. The Labute approximate surface area is 263 Å².